The molecule has 1 fully saturated rings. The van der Waals surface area contributed by atoms with E-state index in [2.05, 4.69) is 34.4 Å². The molecule has 3 rings (SSSR count). The molecule has 0 unspecified atom stereocenters. The number of carboxylic acid groups (broad SMARTS) is 1. The largest absolute Gasteiger partial charge is 0.481 e. The molecule has 1 aromatic heterocycles. The van der Waals surface area contributed by atoms with Crippen LogP contribution < -0.4 is 10.6 Å². The number of nitrogens with one attached hydrogen (secondary N) is 2. The van der Waals surface area contributed by atoms with Crippen molar-refractivity contribution < 1.29 is 24.3 Å². The van der Waals surface area contributed by atoms with Gasteiger partial charge in [0.15, 0.2) is 0 Å². The molecule has 254 valence electrons. The number of likely N-dealkylation sites (N-methyl/N-ethyl adjacent to an activating group) is 2. The lowest BCUT2D eigenvalue weighted by Gasteiger charge is -2.37. The van der Waals surface area contributed by atoms with Gasteiger partial charge in [0.1, 0.15) is 11.7 Å². The molecule has 5 atom stereocenters. The summed E-state index contributed by atoms with van der Waals surface area (Å²) >= 11 is 1.41. The van der Waals surface area contributed by atoms with E-state index in [1.54, 1.807) is 10.3 Å². The lowest BCUT2D eigenvalue weighted by molar-refractivity contribution is -0.141. The quantitative estimate of drug-likeness (QED) is 0.224. The van der Waals surface area contributed by atoms with Crippen LogP contribution in [-0.2, 0) is 27.2 Å². The molecule has 3 amide bonds. The van der Waals surface area contributed by atoms with Crippen LogP contribution in [0, 0.1) is 11.8 Å². The van der Waals surface area contributed by atoms with Crippen LogP contribution in [0.25, 0.3) is 0 Å². The van der Waals surface area contributed by atoms with Crippen molar-refractivity contribution in [3.63, 3.8) is 0 Å². The van der Waals surface area contributed by atoms with E-state index in [1.165, 1.54) is 11.3 Å². The molecule has 0 saturated carbocycles. The minimum Gasteiger partial charge on any atom is -0.481 e. The van der Waals surface area contributed by atoms with Crippen LogP contribution in [0.15, 0.2) is 35.7 Å². The van der Waals surface area contributed by atoms with Crippen molar-refractivity contribution in [2.75, 3.05) is 20.6 Å². The van der Waals surface area contributed by atoms with Gasteiger partial charge < -0.3 is 20.6 Å². The van der Waals surface area contributed by atoms with E-state index in [1.807, 2.05) is 58.3 Å². The molecular weight excluding hydrogens is 602 g/mol. The molecule has 0 aliphatic carbocycles. The molecule has 0 radical (unpaired) electrons. The zero-order chi connectivity index (χ0) is 33.8. The van der Waals surface area contributed by atoms with Gasteiger partial charge in [-0.2, -0.15) is 0 Å². The number of amides is 3. The Morgan fingerprint density at radius 2 is 1.80 bits per heavy atom. The van der Waals surface area contributed by atoms with Crippen LogP contribution in [0.4, 0.5) is 0 Å². The van der Waals surface area contributed by atoms with Gasteiger partial charge >= 0.3 is 5.97 Å². The predicted molar refractivity (Wildman–Crippen MR) is 182 cm³/mol. The molecular formula is C35H53N5O5S. The number of carbonyl (C=O) groups excluding carboxylic acids is 3. The number of aryl methyl sites for hydroxylation is 1. The second-order valence-electron chi connectivity index (χ2n) is 13.1. The van der Waals surface area contributed by atoms with Gasteiger partial charge in [-0.3, -0.25) is 24.1 Å². The van der Waals surface area contributed by atoms with Gasteiger partial charge in [-0.1, -0.05) is 70.9 Å². The van der Waals surface area contributed by atoms with Crippen molar-refractivity contribution in [3.8, 4) is 0 Å². The van der Waals surface area contributed by atoms with Gasteiger partial charge in [-0.15, -0.1) is 11.3 Å². The summed E-state index contributed by atoms with van der Waals surface area (Å²) in [5.41, 5.74) is 1.33. The number of benzene rings is 1. The fourth-order valence-corrected chi connectivity index (χ4v) is 6.97. The molecule has 2 aromatic rings. The topological polar surface area (TPSA) is 132 Å². The van der Waals surface area contributed by atoms with E-state index in [0.717, 1.165) is 42.8 Å². The number of hydrogen-bond donors (Lipinski definition) is 3. The number of aromatic nitrogens is 1. The average Bonchev–Trinajstić information content (AvgIpc) is 3.51. The Kier molecular flexibility index (Phi) is 14.6. The molecule has 3 N–H and O–H groups in total. The van der Waals surface area contributed by atoms with E-state index >= 15 is 0 Å². The fraction of sp³-hybridized carbons (Fsp3) is 0.629. The van der Waals surface area contributed by atoms with Gasteiger partial charge in [0.2, 0.25) is 11.8 Å². The summed E-state index contributed by atoms with van der Waals surface area (Å²) < 4.78 is 0. The van der Waals surface area contributed by atoms with E-state index < -0.39 is 12.0 Å². The molecule has 1 saturated heterocycles. The van der Waals surface area contributed by atoms with Crippen LogP contribution in [0.1, 0.15) is 93.7 Å². The highest BCUT2D eigenvalue weighted by atomic mass is 32.1. The highest BCUT2D eigenvalue weighted by molar-refractivity contribution is 7.09. The summed E-state index contributed by atoms with van der Waals surface area (Å²) in [6.07, 6.45) is 5.73. The number of likely N-dealkylation sites (tertiary alicyclic amines) is 1. The Bertz CT molecular complexity index is 1290. The van der Waals surface area contributed by atoms with E-state index in [-0.39, 0.29) is 54.1 Å². The Hall–Kier alpha value is -3.31. The third-order valence-corrected chi connectivity index (χ3v) is 10.2. The van der Waals surface area contributed by atoms with Crippen LogP contribution in [-0.4, -0.2) is 88.4 Å². The zero-order valence-electron chi connectivity index (χ0n) is 28.3. The van der Waals surface area contributed by atoms with Crippen LogP contribution in [0.2, 0.25) is 0 Å². The maximum Gasteiger partial charge on any atom is 0.303 e. The van der Waals surface area contributed by atoms with Gasteiger partial charge in [0.05, 0.1) is 11.0 Å². The zero-order valence-corrected chi connectivity index (χ0v) is 29.1. The number of hydrogen-bond acceptors (Lipinski definition) is 7. The SMILES string of the molecule is CC[C@H](C)[C@H](NC(=O)[C@H]1CCCCN1C)C(=O)N(C)[C@H](CCc1nc(C(=O)N[C@H](CCC(=O)O)Cc2ccccc2)cs1)C(C)C. The number of piperidine rings is 1. The van der Waals surface area contributed by atoms with Crippen molar-refractivity contribution >= 4 is 35.0 Å². The summed E-state index contributed by atoms with van der Waals surface area (Å²) in [5, 5.41) is 17.8. The first-order chi connectivity index (χ1) is 21.9. The van der Waals surface area contributed by atoms with Crippen LogP contribution in [0.3, 0.4) is 0 Å². The number of nitrogens with zero attached hydrogens (tertiary/aromatic N) is 3. The van der Waals surface area contributed by atoms with Gasteiger partial charge in [0.25, 0.3) is 5.91 Å². The van der Waals surface area contributed by atoms with E-state index in [0.29, 0.717) is 31.4 Å². The van der Waals surface area contributed by atoms with Crippen molar-refractivity contribution in [2.24, 2.45) is 11.8 Å². The molecule has 11 heteroatoms. The summed E-state index contributed by atoms with van der Waals surface area (Å²) in [5.74, 6) is -1.22. The number of thiazole rings is 1. The first kappa shape index (κ1) is 37.2. The van der Waals surface area contributed by atoms with Crippen LogP contribution >= 0.6 is 11.3 Å². The third-order valence-electron chi connectivity index (χ3n) is 9.27. The van der Waals surface area contributed by atoms with Crippen molar-refractivity contribution in [3.05, 3.63) is 52.0 Å². The van der Waals surface area contributed by atoms with Gasteiger partial charge in [-0.05, 0) is 63.1 Å². The van der Waals surface area contributed by atoms with Crippen LogP contribution in [0.5, 0.6) is 0 Å². The van der Waals surface area contributed by atoms with E-state index in [9.17, 15) is 24.3 Å². The average molecular weight is 656 g/mol. The summed E-state index contributed by atoms with van der Waals surface area (Å²) in [4.78, 5) is 60.0. The summed E-state index contributed by atoms with van der Waals surface area (Å²) in [6.45, 7) is 9.12. The lowest BCUT2D eigenvalue weighted by atomic mass is 9.93. The normalized spacial score (nSPS) is 17.9. The van der Waals surface area contributed by atoms with E-state index in [4.69, 9.17) is 0 Å². The van der Waals surface area contributed by atoms with Gasteiger partial charge in [0, 0.05) is 37.4 Å². The monoisotopic (exact) mass is 655 g/mol. The molecule has 46 heavy (non-hydrogen) atoms. The molecule has 0 bridgehead atoms. The molecule has 1 aliphatic rings. The molecule has 1 aliphatic heterocycles. The lowest BCUT2D eigenvalue weighted by Crippen LogP contribution is -2.57. The Morgan fingerprint density at radius 1 is 1.09 bits per heavy atom. The Balaban J connectivity index is 1.64. The number of aliphatic carboxylic acids is 1. The number of carbonyl (C=O) groups is 4. The minimum absolute atomic E-state index is 0.0122. The standard InChI is InChI=1S/C35H53N5O5S/c1-7-24(4)32(38-34(44)29-15-11-12-20-39(29)5)35(45)40(6)28(23(2)3)17-18-30-37-27(22-46-30)33(43)36-26(16-19-31(41)42)21-25-13-9-8-10-14-25/h8-10,13-14,22-24,26,28-29,32H,7,11-12,15-21H2,1-6H3,(H,36,43)(H,38,44)(H,41,42)/t24-,26+,28+,29+,32-/m0/s1. The minimum atomic E-state index is -0.902. The second-order valence-corrected chi connectivity index (χ2v) is 14.0. The smallest absolute Gasteiger partial charge is 0.303 e. The summed E-state index contributed by atoms with van der Waals surface area (Å²) in [6, 6.07) is 8.46. The highest BCUT2D eigenvalue weighted by Gasteiger charge is 2.35. The maximum atomic E-state index is 13.9. The fourth-order valence-electron chi connectivity index (χ4n) is 6.18. The second kappa shape index (κ2) is 18.1. The molecule has 10 nitrogen and oxygen atoms in total. The molecule has 2 heterocycles. The predicted octanol–water partition coefficient (Wildman–Crippen LogP) is 4.78. The number of carboxylic acids is 1. The van der Waals surface area contributed by atoms with Crippen molar-refractivity contribution in [2.45, 2.75) is 110 Å². The highest BCUT2D eigenvalue weighted by Crippen LogP contribution is 2.22. The Labute approximate surface area is 278 Å². The summed E-state index contributed by atoms with van der Waals surface area (Å²) in [7, 11) is 3.80. The Morgan fingerprint density at radius 3 is 2.43 bits per heavy atom. The van der Waals surface area contributed by atoms with Crippen molar-refractivity contribution in [1.82, 2.24) is 25.4 Å². The molecule has 0 spiro atoms. The first-order valence-electron chi connectivity index (χ1n) is 16.7. The van der Waals surface area contributed by atoms with Gasteiger partial charge in [-0.25, -0.2) is 4.98 Å². The van der Waals surface area contributed by atoms with Crippen molar-refractivity contribution in [1.29, 1.82) is 0 Å². The first-order valence-corrected chi connectivity index (χ1v) is 17.6. The maximum absolute atomic E-state index is 13.9. The number of rotatable bonds is 17. The third kappa shape index (κ3) is 10.9. The molecule has 1 aromatic carbocycles.